The van der Waals surface area contributed by atoms with Crippen molar-refractivity contribution in [3.8, 4) is 11.3 Å². The first-order chi connectivity index (χ1) is 18.2. The van der Waals surface area contributed by atoms with E-state index in [4.69, 9.17) is 0 Å². The van der Waals surface area contributed by atoms with Crippen LogP contribution in [0.5, 0.6) is 0 Å². The van der Waals surface area contributed by atoms with Gasteiger partial charge in [0, 0.05) is 0 Å². The Morgan fingerprint density at radius 2 is 1.63 bits per heavy atom. The minimum Gasteiger partial charge on any atom is -0.320 e. The SMILES string of the molecule is CCC(NC)C(=O)Nc1ccc(-c2ccccc2)n(Cc2cccc(S(=O)(=O)c3ccc(F)cc3)c2)c1=O. The van der Waals surface area contributed by atoms with Crippen LogP contribution in [-0.2, 0) is 21.2 Å². The second kappa shape index (κ2) is 11.5. The highest BCUT2D eigenvalue weighted by Crippen LogP contribution is 2.24. The topological polar surface area (TPSA) is 97.3 Å². The summed E-state index contributed by atoms with van der Waals surface area (Å²) in [7, 11) is -2.22. The molecule has 0 aliphatic heterocycles. The molecule has 0 saturated heterocycles. The van der Waals surface area contributed by atoms with Crippen LogP contribution in [0.3, 0.4) is 0 Å². The van der Waals surface area contributed by atoms with Gasteiger partial charge in [-0.15, -0.1) is 0 Å². The molecular weight excluding hydrogens is 505 g/mol. The molecule has 0 saturated carbocycles. The number of likely N-dealkylation sites (N-methyl/N-ethyl adjacent to an activating group) is 1. The molecule has 0 radical (unpaired) electrons. The highest BCUT2D eigenvalue weighted by atomic mass is 32.2. The highest BCUT2D eigenvalue weighted by molar-refractivity contribution is 7.91. The van der Waals surface area contributed by atoms with E-state index >= 15 is 0 Å². The second-order valence-electron chi connectivity index (χ2n) is 8.73. The van der Waals surface area contributed by atoms with Crippen molar-refractivity contribution in [2.75, 3.05) is 12.4 Å². The number of sulfone groups is 1. The number of benzene rings is 3. The molecule has 0 aliphatic rings. The lowest BCUT2D eigenvalue weighted by molar-refractivity contribution is -0.118. The molecule has 4 aromatic rings. The van der Waals surface area contributed by atoms with Crippen molar-refractivity contribution < 1.29 is 17.6 Å². The van der Waals surface area contributed by atoms with Crippen LogP contribution in [0, 0.1) is 5.82 Å². The standard InChI is InChI=1S/C29H28FN3O4S/c1-3-25(31-2)28(34)32-26-16-17-27(21-9-5-4-6-10-21)33(29(26)35)19-20-8-7-11-24(18-20)38(36,37)23-14-12-22(30)13-15-23/h4-18,25,31H,3,19H2,1-2H3,(H,32,34). The summed E-state index contributed by atoms with van der Waals surface area (Å²) in [6.07, 6.45) is 0.550. The zero-order valence-corrected chi connectivity index (χ0v) is 21.8. The van der Waals surface area contributed by atoms with Gasteiger partial charge in [0.05, 0.1) is 28.1 Å². The minimum atomic E-state index is -3.90. The Hall–Kier alpha value is -4.08. The molecule has 0 aliphatic carbocycles. The molecule has 0 bridgehead atoms. The molecule has 1 atom stereocenters. The van der Waals surface area contributed by atoms with Gasteiger partial charge in [-0.05, 0) is 73.1 Å². The van der Waals surface area contributed by atoms with Crippen LogP contribution in [0.1, 0.15) is 18.9 Å². The van der Waals surface area contributed by atoms with Crippen molar-refractivity contribution in [1.29, 1.82) is 0 Å². The lowest BCUT2D eigenvalue weighted by Crippen LogP contribution is -2.39. The molecule has 3 aromatic carbocycles. The van der Waals surface area contributed by atoms with E-state index in [1.807, 2.05) is 37.3 Å². The highest BCUT2D eigenvalue weighted by Gasteiger charge is 2.20. The van der Waals surface area contributed by atoms with Crippen LogP contribution in [0.15, 0.2) is 106 Å². The molecule has 196 valence electrons. The number of anilines is 1. The van der Waals surface area contributed by atoms with Gasteiger partial charge < -0.3 is 15.2 Å². The number of carbonyl (C=O) groups is 1. The van der Waals surface area contributed by atoms with Gasteiger partial charge in [-0.25, -0.2) is 12.8 Å². The number of halogens is 1. The largest absolute Gasteiger partial charge is 0.320 e. The number of hydrogen-bond donors (Lipinski definition) is 2. The van der Waals surface area contributed by atoms with Crippen molar-refractivity contribution in [2.24, 2.45) is 0 Å². The normalized spacial score (nSPS) is 12.2. The molecule has 2 N–H and O–H groups in total. The Bertz CT molecular complexity index is 1600. The zero-order chi connectivity index (χ0) is 27.3. The van der Waals surface area contributed by atoms with Crippen LogP contribution in [0.2, 0.25) is 0 Å². The fourth-order valence-corrected chi connectivity index (χ4v) is 5.51. The molecule has 0 fully saturated rings. The van der Waals surface area contributed by atoms with Gasteiger partial charge in [-0.2, -0.15) is 0 Å². The average Bonchev–Trinajstić information content (AvgIpc) is 2.92. The van der Waals surface area contributed by atoms with Crippen LogP contribution in [0.4, 0.5) is 10.1 Å². The molecule has 38 heavy (non-hydrogen) atoms. The van der Waals surface area contributed by atoms with Crippen molar-refractivity contribution in [3.63, 3.8) is 0 Å². The van der Waals surface area contributed by atoms with E-state index in [0.717, 1.165) is 17.7 Å². The maximum absolute atomic E-state index is 13.6. The fourth-order valence-electron chi connectivity index (χ4n) is 4.18. The van der Waals surface area contributed by atoms with E-state index in [2.05, 4.69) is 10.6 Å². The van der Waals surface area contributed by atoms with E-state index in [0.29, 0.717) is 17.7 Å². The Morgan fingerprint density at radius 1 is 0.921 bits per heavy atom. The first kappa shape index (κ1) is 27.0. The lowest BCUT2D eigenvalue weighted by atomic mass is 10.1. The number of pyridine rings is 1. The number of nitrogens with one attached hydrogen (secondary N) is 2. The van der Waals surface area contributed by atoms with E-state index in [9.17, 15) is 22.4 Å². The van der Waals surface area contributed by atoms with Gasteiger partial charge in [0.2, 0.25) is 15.7 Å². The Morgan fingerprint density at radius 3 is 2.29 bits per heavy atom. The molecule has 4 rings (SSSR count). The third kappa shape index (κ3) is 5.74. The summed E-state index contributed by atoms with van der Waals surface area (Å²) in [6, 6.07) is 23.1. The van der Waals surface area contributed by atoms with E-state index in [1.54, 1.807) is 31.3 Å². The summed E-state index contributed by atoms with van der Waals surface area (Å²) >= 11 is 0. The van der Waals surface area contributed by atoms with Gasteiger partial charge in [-0.3, -0.25) is 9.59 Å². The third-order valence-electron chi connectivity index (χ3n) is 6.25. The molecule has 1 unspecified atom stereocenters. The summed E-state index contributed by atoms with van der Waals surface area (Å²) in [6.45, 7) is 1.92. The van der Waals surface area contributed by atoms with Crippen molar-refractivity contribution in [3.05, 3.63) is 113 Å². The van der Waals surface area contributed by atoms with Gasteiger partial charge in [0.25, 0.3) is 5.56 Å². The average molecular weight is 534 g/mol. The molecule has 1 aromatic heterocycles. The van der Waals surface area contributed by atoms with Crippen molar-refractivity contribution in [1.82, 2.24) is 9.88 Å². The smallest absolute Gasteiger partial charge is 0.275 e. The molecule has 1 amide bonds. The lowest BCUT2D eigenvalue weighted by Gasteiger charge is -2.18. The molecule has 0 spiro atoms. The van der Waals surface area contributed by atoms with Crippen molar-refractivity contribution >= 4 is 21.4 Å². The minimum absolute atomic E-state index is 0.0279. The number of aromatic nitrogens is 1. The third-order valence-corrected chi connectivity index (χ3v) is 8.02. The molecule has 9 heteroatoms. The van der Waals surface area contributed by atoms with Crippen LogP contribution < -0.4 is 16.2 Å². The summed E-state index contributed by atoms with van der Waals surface area (Å²) in [5.41, 5.74) is 1.67. The van der Waals surface area contributed by atoms with Gasteiger partial charge in [0.15, 0.2) is 0 Å². The number of hydrogen-bond acceptors (Lipinski definition) is 5. The van der Waals surface area contributed by atoms with E-state index in [1.165, 1.54) is 28.8 Å². The van der Waals surface area contributed by atoms with E-state index in [-0.39, 0.29) is 27.9 Å². The van der Waals surface area contributed by atoms with Gasteiger partial charge in [-0.1, -0.05) is 49.4 Å². The Labute approximate surface area is 220 Å². The maximum Gasteiger partial charge on any atom is 0.275 e. The predicted octanol–water partition coefficient (Wildman–Crippen LogP) is 4.47. The number of amides is 1. The zero-order valence-electron chi connectivity index (χ0n) is 21.0. The Kier molecular flexibility index (Phi) is 8.19. The number of carbonyl (C=O) groups excluding carboxylic acids is 1. The van der Waals surface area contributed by atoms with Crippen LogP contribution >= 0.6 is 0 Å². The maximum atomic E-state index is 13.6. The van der Waals surface area contributed by atoms with Gasteiger partial charge >= 0.3 is 0 Å². The first-order valence-electron chi connectivity index (χ1n) is 12.1. The van der Waals surface area contributed by atoms with Gasteiger partial charge in [0.1, 0.15) is 11.5 Å². The molecular formula is C29H28FN3O4S. The summed E-state index contributed by atoms with van der Waals surface area (Å²) in [5, 5.41) is 5.64. The van der Waals surface area contributed by atoms with Crippen LogP contribution in [-0.4, -0.2) is 32.0 Å². The van der Waals surface area contributed by atoms with E-state index < -0.39 is 27.3 Å². The second-order valence-corrected chi connectivity index (χ2v) is 10.7. The van der Waals surface area contributed by atoms with Crippen molar-refractivity contribution in [2.45, 2.75) is 35.7 Å². The number of nitrogens with zero attached hydrogens (tertiary/aromatic N) is 1. The summed E-state index contributed by atoms with van der Waals surface area (Å²) < 4.78 is 41.2. The molecule has 7 nitrogen and oxygen atoms in total. The number of rotatable bonds is 9. The quantitative estimate of drug-likeness (QED) is 0.310. The summed E-state index contributed by atoms with van der Waals surface area (Å²) in [4.78, 5) is 26.3. The summed E-state index contributed by atoms with van der Waals surface area (Å²) in [5.74, 6) is -0.851. The fraction of sp³-hybridized carbons (Fsp3) is 0.172. The van der Waals surface area contributed by atoms with Crippen LogP contribution in [0.25, 0.3) is 11.3 Å². The predicted molar refractivity (Wildman–Crippen MR) is 145 cm³/mol. The Balaban J connectivity index is 1.76. The molecule has 1 heterocycles. The first-order valence-corrected chi connectivity index (χ1v) is 13.6. The monoisotopic (exact) mass is 533 g/mol.